The van der Waals surface area contributed by atoms with Crippen LogP contribution in [0.2, 0.25) is 0 Å². The molecule has 0 aliphatic carbocycles. The normalized spacial score (nSPS) is 16.3. The first-order chi connectivity index (χ1) is 10.8. The van der Waals surface area contributed by atoms with Crippen LogP contribution in [0, 0.1) is 6.92 Å². The summed E-state index contributed by atoms with van der Waals surface area (Å²) < 4.78 is 27.9. The topological polar surface area (TPSA) is 66.9 Å². The zero-order valence-electron chi connectivity index (χ0n) is 13.7. The molecule has 128 valence electrons. The number of nitrogens with zero attached hydrogens (tertiary/aromatic N) is 2. The van der Waals surface area contributed by atoms with E-state index in [1.807, 2.05) is 31.2 Å². The van der Waals surface area contributed by atoms with Crippen molar-refractivity contribution in [3.8, 4) is 5.75 Å². The van der Waals surface area contributed by atoms with Gasteiger partial charge in [0.05, 0.1) is 5.75 Å². The van der Waals surface area contributed by atoms with Gasteiger partial charge >= 0.3 is 0 Å². The Hall–Kier alpha value is -1.60. The maximum atomic E-state index is 12.2. The van der Waals surface area contributed by atoms with E-state index < -0.39 is 9.84 Å². The number of hydrogen-bond acceptors (Lipinski definition) is 5. The van der Waals surface area contributed by atoms with E-state index in [2.05, 4.69) is 4.90 Å². The molecule has 7 heteroatoms. The molecule has 1 aliphatic rings. The Balaban J connectivity index is 1.73. The molecule has 6 nitrogen and oxygen atoms in total. The lowest BCUT2D eigenvalue weighted by atomic mass is 10.2. The summed E-state index contributed by atoms with van der Waals surface area (Å²) in [5, 5.41) is 0. The number of carbonyl (C=O) groups is 1. The monoisotopic (exact) mass is 340 g/mol. The van der Waals surface area contributed by atoms with Crippen LogP contribution in [0.1, 0.15) is 5.56 Å². The number of benzene rings is 1. The number of carbonyl (C=O) groups excluding carboxylic acids is 1. The summed E-state index contributed by atoms with van der Waals surface area (Å²) in [4.78, 5) is 16.0. The Morgan fingerprint density at radius 2 is 1.91 bits per heavy atom. The second-order valence-electron chi connectivity index (χ2n) is 5.96. The van der Waals surface area contributed by atoms with Gasteiger partial charge in [-0.05, 0) is 24.6 Å². The Labute approximate surface area is 137 Å². The van der Waals surface area contributed by atoms with Crippen molar-refractivity contribution in [1.82, 2.24) is 9.80 Å². The molecule has 1 heterocycles. The van der Waals surface area contributed by atoms with E-state index in [9.17, 15) is 13.2 Å². The number of rotatable bonds is 6. The Morgan fingerprint density at radius 1 is 1.22 bits per heavy atom. The first-order valence-corrected chi connectivity index (χ1v) is 9.77. The molecule has 1 aliphatic heterocycles. The largest absolute Gasteiger partial charge is 0.484 e. The molecular formula is C16H24N2O4S. The van der Waals surface area contributed by atoms with Gasteiger partial charge in [-0.25, -0.2) is 8.42 Å². The van der Waals surface area contributed by atoms with Crippen LogP contribution in [0.25, 0.3) is 0 Å². The van der Waals surface area contributed by atoms with Crippen LogP contribution in [0.15, 0.2) is 24.3 Å². The molecule has 1 saturated heterocycles. The van der Waals surface area contributed by atoms with E-state index in [1.165, 1.54) is 6.26 Å². The quantitative estimate of drug-likeness (QED) is 0.757. The van der Waals surface area contributed by atoms with Gasteiger partial charge in [0.15, 0.2) is 6.61 Å². The van der Waals surface area contributed by atoms with Gasteiger partial charge in [0, 0.05) is 39.0 Å². The summed E-state index contributed by atoms with van der Waals surface area (Å²) in [7, 11) is -2.94. The van der Waals surface area contributed by atoms with Gasteiger partial charge in [-0.1, -0.05) is 12.1 Å². The van der Waals surface area contributed by atoms with Crippen LogP contribution in [-0.2, 0) is 14.6 Å². The lowest BCUT2D eigenvalue weighted by Crippen LogP contribution is -2.50. The van der Waals surface area contributed by atoms with E-state index in [0.717, 1.165) is 5.56 Å². The predicted molar refractivity (Wildman–Crippen MR) is 89.4 cm³/mol. The first kappa shape index (κ1) is 17.7. The number of hydrogen-bond donors (Lipinski definition) is 0. The number of aryl methyl sites for hydroxylation is 1. The van der Waals surface area contributed by atoms with Crippen LogP contribution >= 0.6 is 0 Å². The maximum Gasteiger partial charge on any atom is 0.260 e. The van der Waals surface area contributed by atoms with Crippen LogP contribution < -0.4 is 4.74 Å². The van der Waals surface area contributed by atoms with Crippen molar-refractivity contribution in [2.75, 3.05) is 51.3 Å². The summed E-state index contributed by atoms with van der Waals surface area (Å²) in [6.07, 6.45) is 1.25. The first-order valence-electron chi connectivity index (χ1n) is 7.71. The molecule has 0 radical (unpaired) electrons. The summed E-state index contributed by atoms with van der Waals surface area (Å²) in [5.41, 5.74) is 1.09. The van der Waals surface area contributed by atoms with Crippen molar-refractivity contribution in [2.24, 2.45) is 0 Å². The molecule has 0 N–H and O–H groups in total. The highest BCUT2D eigenvalue weighted by molar-refractivity contribution is 7.90. The number of ether oxygens (including phenoxy) is 1. The lowest BCUT2D eigenvalue weighted by Gasteiger charge is -2.34. The van der Waals surface area contributed by atoms with Gasteiger partial charge in [0.2, 0.25) is 0 Å². The highest BCUT2D eigenvalue weighted by Gasteiger charge is 2.21. The van der Waals surface area contributed by atoms with E-state index in [1.54, 1.807) is 4.90 Å². The third-order valence-corrected chi connectivity index (χ3v) is 4.78. The number of amides is 1. The highest BCUT2D eigenvalue weighted by atomic mass is 32.2. The smallest absolute Gasteiger partial charge is 0.260 e. The summed E-state index contributed by atoms with van der Waals surface area (Å²) in [6.45, 7) is 5.16. The minimum absolute atomic E-state index is 0.0331. The Bertz CT molecular complexity index is 637. The molecule has 0 unspecified atom stereocenters. The maximum absolute atomic E-state index is 12.2. The standard InChI is InChI=1S/C16H24N2O4S/c1-14-4-3-5-15(12-14)22-13-16(19)18-8-6-17(7-9-18)10-11-23(2,20)21/h3-5,12H,6-11,13H2,1-2H3. The van der Waals surface area contributed by atoms with Crippen molar-refractivity contribution in [3.63, 3.8) is 0 Å². The van der Waals surface area contributed by atoms with Gasteiger partial charge < -0.3 is 9.64 Å². The van der Waals surface area contributed by atoms with Crippen LogP contribution in [-0.4, -0.2) is 75.5 Å². The number of sulfone groups is 1. The van der Waals surface area contributed by atoms with Crippen molar-refractivity contribution < 1.29 is 17.9 Å². The van der Waals surface area contributed by atoms with Crippen molar-refractivity contribution >= 4 is 15.7 Å². The Kier molecular flexibility index (Phi) is 6.01. The van der Waals surface area contributed by atoms with Crippen LogP contribution in [0.4, 0.5) is 0 Å². The zero-order chi connectivity index (χ0) is 16.9. The van der Waals surface area contributed by atoms with Gasteiger partial charge in [0.25, 0.3) is 5.91 Å². The molecule has 23 heavy (non-hydrogen) atoms. The third-order valence-electron chi connectivity index (χ3n) is 3.86. The van der Waals surface area contributed by atoms with Gasteiger partial charge in [-0.2, -0.15) is 0 Å². The predicted octanol–water partition coefficient (Wildman–Crippen LogP) is 0.563. The fourth-order valence-corrected chi connectivity index (χ4v) is 3.05. The molecule has 1 aromatic rings. The Morgan fingerprint density at radius 3 is 2.52 bits per heavy atom. The van der Waals surface area contributed by atoms with Gasteiger partial charge in [-0.3, -0.25) is 9.69 Å². The molecule has 0 saturated carbocycles. The molecule has 0 atom stereocenters. The third kappa shape index (κ3) is 6.19. The lowest BCUT2D eigenvalue weighted by molar-refractivity contribution is -0.135. The van der Waals surface area contributed by atoms with Crippen molar-refractivity contribution in [3.05, 3.63) is 29.8 Å². The molecule has 0 spiro atoms. The van der Waals surface area contributed by atoms with E-state index in [-0.39, 0.29) is 18.3 Å². The van der Waals surface area contributed by atoms with Gasteiger partial charge in [0.1, 0.15) is 15.6 Å². The minimum Gasteiger partial charge on any atom is -0.484 e. The highest BCUT2D eigenvalue weighted by Crippen LogP contribution is 2.12. The van der Waals surface area contributed by atoms with Crippen LogP contribution in [0.3, 0.4) is 0 Å². The average Bonchev–Trinajstić information content (AvgIpc) is 2.50. The number of piperazine rings is 1. The molecule has 1 fully saturated rings. The second-order valence-corrected chi connectivity index (χ2v) is 8.22. The fraction of sp³-hybridized carbons (Fsp3) is 0.562. The van der Waals surface area contributed by atoms with Gasteiger partial charge in [-0.15, -0.1) is 0 Å². The molecule has 0 bridgehead atoms. The molecular weight excluding hydrogens is 316 g/mol. The molecule has 1 amide bonds. The molecule has 0 aromatic heterocycles. The SMILES string of the molecule is Cc1cccc(OCC(=O)N2CCN(CCS(C)(=O)=O)CC2)c1. The van der Waals surface area contributed by atoms with Crippen LogP contribution in [0.5, 0.6) is 5.75 Å². The van der Waals surface area contributed by atoms with Crippen molar-refractivity contribution in [2.45, 2.75) is 6.92 Å². The summed E-state index contributed by atoms with van der Waals surface area (Å²) in [6, 6.07) is 7.61. The second kappa shape index (κ2) is 7.79. The average molecular weight is 340 g/mol. The summed E-state index contributed by atoms with van der Waals surface area (Å²) >= 11 is 0. The minimum atomic E-state index is -2.94. The van der Waals surface area contributed by atoms with Crippen molar-refractivity contribution in [1.29, 1.82) is 0 Å². The zero-order valence-corrected chi connectivity index (χ0v) is 14.5. The van der Waals surface area contributed by atoms with E-state index in [4.69, 9.17) is 4.74 Å². The van der Waals surface area contributed by atoms with E-state index >= 15 is 0 Å². The molecule has 1 aromatic carbocycles. The van der Waals surface area contributed by atoms with E-state index in [0.29, 0.717) is 38.5 Å². The fourth-order valence-electron chi connectivity index (χ4n) is 2.46. The summed E-state index contributed by atoms with van der Waals surface area (Å²) in [5.74, 6) is 0.830. The molecule has 2 rings (SSSR count).